The second-order valence-corrected chi connectivity index (χ2v) is 5.45. The third kappa shape index (κ3) is 10.0. The lowest BCUT2D eigenvalue weighted by Gasteiger charge is -2.20. The summed E-state index contributed by atoms with van der Waals surface area (Å²) < 4.78 is 0. The Kier molecular flexibility index (Phi) is 10.1. The first-order chi connectivity index (χ1) is 8.89. The summed E-state index contributed by atoms with van der Waals surface area (Å²) in [4.78, 5) is 11.5. The molecule has 0 aromatic carbocycles. The average Bonchev–Trinajstić information content (AvgIpc) is 2.34. The maximum atomic E-state index is 11.5. The van der Waals surface area contributed by atoms with Crippen LogP contribution in [0.25, 0.3) is 0 Å². The van der Waals surface area contributed by atoms with Gasteiger partial charge < -0.3 is 15.3 Å². The monoisotopic (exact) mass is 274 g/mol. The van der Waals surface area contributed by atoms with Gasteiger partial charge in [0.05, 0.1) is 5.92 Å². The minimum absolute atomic E-state index is 0.296. The molecule has 4 heteroatoms. The topological polar surface area (TPSA) is 77.8 Å². The van der Waals surface area contributed by atoms with Crippen molar-refractivity contribution in [2.24, 2.45) is 5.92 Å². The summed E-state index contributed by atoms with van der Waals surface area (Å²) in [6.45, 7) is 3.54. The number of ketones is 1. The Bertz CT molecular complexity index is 233. The molecule has 0 bridgehead atoms. The molecular weight excluding hydrogens is 244 g/mol. The van der Waals surface area contributed by atoms with Crippen LogP contribution in [0.5, 0.6) is 0 Å². The first-order valence-electron chi connectivity index (χ1n) is 7.59. The fourth-order valence-electron chi connectivity index (χ4n) is 2.04. The maximum Gasteiger partial charge on any atom is 0.285 e. The molecule has 0 amide bonds. The fraction of sp³-hybridized carbons (Fsp3) is 0.933. The summed E-state index contributed by atoms with van der Waals surface area (Å²) in [5.74, 6) is -4.31. The van der Waals surface area contributed by atoms with Crippen LogP contribution in [0.1, 0.15) is 78.1 Å². The molecule has 0 fully saturated rings. The van der Waals surface area contributed by atoms with E-state index >= 15 is 0 Å². The van der Waals surface area contributed by atoms with E-state index in [1.54, 1.807) is 0 Å². The van der Waals surface area contributed by atoms with Gasteiger partial charge in [-0.2, -0.15) is 0 Å². The van der Waals surface area contributed by atoms with Crippen molar-refractivity contribution < 1.29 is 20.1 Å². The van der Waals surface area contributed by atoms with Gasteiger partial charge in [-0.25, -0.2) is 0 Å². The molecule has 0 saturated carbocycles. The number of hydrogen-bond donors (Lipinski definition) is 3. The molecule has 0 aliphatic rings. The van der Waals surface area contributed by atoms with Crippen LogP contribution in [-0.2, 0) is 4.79 Å². The molecule has 19 heavy (non-hydrogen) atoms. The van der Waals surface area contributed by atoms with E-state index in [2.05, 4.69) is 6.92 Å². The lowest BCUT2D eigenvalue weighted by Crippen LogP contribution is -2.40. The van der Waals surface area contributed by atoms with Gasteiger partial charge in [0, 0.05) is 6.42 Å². The maximum absolute atomic E-state index is 11.5. The van der Waals surface area contributed by atoms with Gasteiger partial charge >= 0.3 is 0 Å². The number of hydrogen-bond acceptors (Lipinski definition) is 4. The zero-order chi connectivity index (χ0) is 14.7. The van der Waals surface area contributed by atoms with Gasteiger partial charge in [-0.3, -0.25) is 4.79 Å². The Labute approximate surface area is 116 Å². The number of aliphatic hydroxyl groups is 3. The molecule has 0 spiro atoms. The number of rotatable bonds is 12. The second kappa shape index (κ2) is 10.4. The normalized spacial score (nSPS) is 13.5. The van der Waals surface area contributed by atoms with Crippen LogP contribution in [-0.4, -0.2) is 27.1 Å². The smallest absolute Gasteiger partial charge is 0.285 e. The molecule has 0 heterocycles. The van der Waals surface area contributed by atoms with Crippen LogP contribution in [0.15, 0.2) is 0 Å². The molecule has 1 unspecified atom stereocenters. The fourth-order valence-corrected chi connectivity index (χ4v) is 2.04. The first kappa shape index (κ1) is 18.6. The van der Waals surface area contributed by atoms with Crippen LogP contribution in [0.4, 0.5) is 0 Å². The van der Waals surface area contributed by atoms with E-state index in [0.717, 1.165) is 19.3 Å². The molecule has 0 aliphatic carbocycles. The standard InChI is InChI=1S/C15H30O4/c1-3-4-5-6-7-8-9-10-11-12-14(16)13(2)15(17,18)19/h13,17-19H,3-12H2,1-2H3. The van der Waals surface area contributed by atoms with Crippen LogP contribution >= 0.6 is 0 Å². The zero-order valence-corrected chi connectivity index (χ0v) is 12.4. The first-order valence-corrected chi connectivity index (χ1v) is 7.59. The minimum atomic E-state index is -2.88. The molecule has 0 radical (unpaired) electrons. The van der Waals surface area contributed by atoms with Gasteiger partial charge in [-0.05, 0) is 13.3 Å². The van der Waals surface area contributed by atoms with E-state index < -0.39 is 11.9 Å². The van der Waals surface area contributed by atoms with Crippen LogP contribution in [0.2, 0.25) is 0 Å². The lowest BCUT2D eigenvalue weighted by atomic mass is 9.98. The summed E-state index contributed by atoms with van der Waals surface area (Å²) in [6.07, 6.45) is 10.8. The predicted octanol–water partition coefficient (Wildman–Crippen LogP) is 2.74. The Morgan fingerprint density at radius 1 is 0.895 bits per heavy atom. The van der Waals surface area contributed by atoms with Crippen molar-refractivity contribution in [3.63, 3.8) is 0 Å². The van der Waals surface area contributed by atoms with Gasteiger partial charge in [0.2, 0.25) is 0 Å². The van der Waals surface area contributed by atoms with E-state index in [9.17, 15) is 4.79 Å². The lowest BCUT2D eigenvalue weighted by molar-refractivity contribution is -0.331. The van der Waals surface area contributed by atoms with Crippen LogP contribution < -0.4 is 0 Å². The Morgan fingerprint density at radius 2 is 1.32 bits per heavy atom. The van der Waals surface area contributed by atoms with Gasteiger partial charge in [0.15, 0.2) is 0 Å². The summed E-state index contributed by atoms with van der Waals surface area (Å²) in [5, 5.41) is 26.7. The van der Waals surface area contributed by atoms with E-state index in [1.807, 2.05) is 0 Å². The molecule has 114 valence electrons. The average molecular weight is 274 g/mol. The highest BCUT2D eigenvalue weighted by Gasteiger charge is 2.33. The van der Waals surface area contributed by atoms with Crippen molar-refractivity contribution in [3.8, 4) is 0 Å². The van der Waals surface area contributed by atoms with Crippen LogP contribution in [0.3, 0.4) is 0 Å². The van der Waals surface area contributed by atoms with Gasteiger partial charge in [0.1, 0.15) is 5.78 Å². The van der Waals surface area contributed by atoms with Crippen molar-refractivity contribution in [2.75, 3.05) is 0 Å². The zero-order valence-electron chi connectivity index (χ0n) is 12.4. The molecule has 1 atom stereocenters. The van der Waals surface area contributed by atoms with Crippen LogP contribution in [0, 0.1) is 5.92 Å². The Morgan fingerprint density at radius 3 is 1.74 bits per heavy atom. The predicted molar refractivity (Wildman–Crippen MR) is 75.4 cm³/mol. The molecule has 0 rings (SSSR count). The molecule has 0 saturated heterocycles. The highest BCUT2D eigenvalue weighted by atomic mass is 16.7. The largest absolute Gasteiger partial charge is 0.343 e. The molecule has 0 aromatic heterocycles. The second-order valence-electron chi connectivity index (χ2n) is 5.45. The number of carbonyl (C=O) groups excluding carboxylic acids is 1. The molecular formula is C15H30O4. The third-order valence-electron chi connectivity index (χ3n) is 3.59. The highest BCUT2D eigenvalue weighted by molar-refractivity contribution is 5.81. The molecule has 4 nitrogen and oxygen atoms in total. The van der Waals surface area contributed by atoms with Crippen molar-refractivity contribution in [1.29, 1.82) is 0 Å². The van der Waals surface area contributed by atoms with Crippen molar-refractivity contribution >= 4 is 5.78 Å². The van der Waals surface area contributed by atoms with E-state index in [0.29, 0.717) is 6.42 Å². The summed E-state index contributed by atoms with van der Waals surface area (Å²) >= 11 is 0. The van der Waals surface area contributed by atoms with Gasteiger partial charge in [-0.1, -0.05) is 58.3 Å². The van der Waals surface area contributed by atoms with Crippen molar-refractivity contribution in [2.45, 2.75) is 84.0 Å². The van der Waals surface area contributed by atoms with E-state index in [4.69, 9.17) is 15.3 Å². The highest BCUT2D eigenvalue weighted by Crippen LogP contribution is 2.16. The summed E-state index contributed by atoms with van der Waals surface area (Å²) in [6, 6.07) is 0. The minimum Gasteiger partial charge on any atom is -0.343 e. The van der Waals surface area contributed by atoms with Gasteiger partial charge in [-0.15, -0.1) is 0 Å². The van der Waals surface area contributed by atoms with E-state index in [-0.39, 0.29) is 5.78 Å². The van der Waals surface area contributed by atoms with Crippen molar-refractivity contribution in [1.82, 2.24) is 0 Å². The quantitative estimate of drug-likeness (QED) is 0.378. The van der Waals surface area contributed by atoms with E-state index in [1.165, 1.54) is 45.4 Å². The SMILES string of the molecule is CCCCCCCCCCCC(=O)C(C)C(O)(O)O. The third-order valence-corrected chi connectivity index (χ3v) is 3.59. The number of Topliss-reactive ketones (excluding diaryl/α,β-unsaturated/α-hetero) is 1. The Balaban J connectivity index is 3.42. The summed E-state index contributed by atoms with van der Waals surface area (Å²) in [5.41, 5.74) is 0. The molecule has 0 aliphatic heterocycles. The molecule has 3 N–H and O–H groups in total. The molecule has 0 aromatic rings. The number of unbranched alkanes of at least 4 members (excludes halogenated alkanes) is 8. The Hall–Kier alpha value is -0.450. The van der Waals surface area contributed by atoms with Gasteiger partial charge in [0.25, 0.3) is 5.97 Å². The van der Waals surface area contributed by atoms with Crippen molar-refractivity contribution in [3.05, 3.63) is 0 Å². The number of carbonyl (C=O) groups is 1. The summed E-state index contributed by atoms with van der Waals surface area (Å²) in [7, 11) is 0.